The second-order valence-electron chi connectivity index (χ2n) is 5.36. The van der Waals surface area contributed by atoms with Crippen LogP contribution in [0.1, 0.15) is 31.1 Å². The third-order valence-electron chi connectivity index (χ3n) is 3.54. The van der Waals surface area contributed by atoms with Crippen LogP contribution in [0.4, 0.5) is 11.4 Å². The SMILES string of the molecule is CCN(c1ccc(NC(=O)c2ccccc2Cl)cc1)C(C)C. The molecule has 0 saturated carbocycles. The van der Waals surface area contributed by atoms with Crippen molar-refractivity contribution in [3.8, 4) is 0 Å². The zero-order chi connectivity index (χ0) is 16.1. The third-order valence-corrected chi connectivity index (χ3v) is 3.87. The van der Waals surface area contributed by atoms with Crippen molar-refractivity contribution >= 4 is 28.9 Å². The van der Waals surface area contributed by atoms with Gasteiger partial charge in [-0.15, -0.1) is 0 Å². The standard InChI is InChI=1S/C18H21ClN2O/c1-4-21(13(2)3)15-11-9-14(10-12-15)20-18(22)16-7-5-6-8-17(16)19/h5-13H,4H2,1-3H3,(H,20,22). The average Bonchev–Trinajstić information content (AvgIpc) is 2.49. The largest absolute Gasteiger partial charge is 0.369 e. The number of anilines is 2. The molecule has 1 amide bonds. The molecule has 0 radical (unpaired) electrons. The number of amides is 1. The number of nitrogens with one attached hydrogen (secondary N) is 1. The minimum absolute atomic E-state index is 0.199. The smallest absolute Gasteiger partial charge is 0.257 e. The Balaban J connectivity index is 2.12. The molecule has 1 N–H and O–H groups in total. The van der Waals surface area contributed by atoms with Gasteiger partial charge in [-0.25, -0.2) is 0 Å². The fraction of sp³-hybridized carbons (Fsp3) is 0.278. The first-order valence-electron chi connectivity index (χ1n) is 7.45. The van der Waals surface area contributed by atoms with E-state index in [-0.39, 0.29) is 5.91 Å². The Labute approximate surface area is 136 Å². The van der Waals surface area contributed by atoms with Gasteiger partial charge in [0, 0.05) is 24.0 Å². The van der Waals surface area contributed by atoms with Gasteiger partial charge in [0.05, 0.1) is 10.6 Å². The fourth-order valence-corrected chi connectivity index (χ4v) is 2.65. The number of hydrogen-bond acceptors (Lipinski definition) is 2. The molecule has 0 fully saturated rings. The van der Waals surface area contributed by atoms with Crippen LogP contribution in [0.25, 0.3) is 0 Å². The lowest BCUT2D eigenvalue weighted by atomic mass is 10.2. The van der Waals surface area contributed by atoms with Gasteiger partial charge in [-0.05, 0) is 57.2 Å². The summed E-state index contributed by atoms with van der Waals surface area (Å²) in [4.78, 5) is 14.5. The minimum Gasteiger partial charge on any atom is -0.369 e. The van der Waals surface area contributed by atoms with E-state index >= 15 is 0 Å². The molecule has 0 bridgehead atoms. The molecule has 116 valence electrons. The van der Waals surface area contributed by atoms with Gasteiger partial charge in [0.25, 0.3) is 5.91 Å². The van der Waals surface area contributed by atoms with Gasteiger partial charge in [0.1, 0.15) is 0 Å². The van der Waals surface area contributed by atoms with E-state index in [0.717, 1.165) is 17.9 Å². The molecule has 2 aromatic carbocycles. The van der Waals surface area contributed by atoms with Crippen molar-refractivity contribution < 1.29 is 4.79 Å². The van der Waals surface area contributed by atoms with Crippen molar-refractivity contribution in [2.45, 2.75) is 26.8 Å². The zero-order valence-electron chi connectivity index (χ0n) is 13.1. The van der Waals surface area contributed by atoms with Crippen LogP contribution in [0.5, 0.6) is 0 Å². The lowest BCUT2D eigenvalue weighted by Crippen LogP contribution is -2.30. The fourth-order valence-electron chi connectivity index (χ4n) is 2.43. The Bertz CT molecular complexity index is 638. The van der Waals surface area contributed by atoms with Crippen LogP contribution < -0.4 is 10.2 Å². The number of hydrogen-bond donors (Lipinski definition) is 1. The molecule has 0 atom stereocenters. The molecule has 0 heterocycles. The highest BCUT2D eigenvalue weighted by Crippen LogP contribution is 2.21. The van der Waals surface area contributed by atoms with E-state index < -0.39 is 0 Å². The molecule has 0 aliphatic rings. The summed E-state index contributed by atoms with van der Waals surface area (Å²) in [6.45, 7) is 7.41. The molecule has 0 aliphatic carbocycles. The molecule has 3 nitrogen and oxygen atoms in total. The highest BCUT2D eigenvalue weighted by Gasteiger charge is 2.11. The Morgan fingerprint density at radius 2 is 1.77 bits per heavy atom. The van der Waals surface area contributed by atoms with Crippen LogP contribution in [-0.4, -0.2) is 18.5 Å². The van der Waals surface area contributed by atoms with E-state index in [1.54, 1.807) is 24.3 Å². The molecule has 2 aromatic rings. The van der Waals surface area contributed by atoms with Crippen LogP contribution >= 0.6 is 11.6 Å². The molecule has 22 heavy (non-hydrogen) atoms. The molecule has 0 spiro atoms. The van der Waals surface area contributed by atoms with Crippen LogP contribution in [0.3, 0.4) is 0 Å². The summed E-state index contributed by atoms with van der Waals surface area (Å²) < 4.78 is 0. The van der Waals surface area contributed by atoms with Gasteiger partial charge in [-0.3, -0.25) is 4.79 Å². The van der Waals surface area contributed by atoms with E-state index in [4.69, 9.17) is 11.6 Å². The lowest BCUT2D eigenvalue weighted by Gasteiger charge is -2.27. The van der Waals surface area contributed by atoms with E-state index in [0.29, 0.717) is 16.6 Å². The molecule has 0 unspecified atom stereocenters. The second kappa shape index (κ2) is 7.32. The lowest BCUT2D eigenvalue weighted by molar-refractivity contribution is 0.102. The summed E-state index contributed by atoms with van der Waals surface area (Å²) in [5.74, 6) is -0.199. The predicted octanol–water partition coefficient (Wildman–Crippen LogP) is 4.83. The van der Waals surface area contributed by atoms with Gasteiger partial charge < -0.3 is 10.2 Å². The van der Waals surface area contributed by atoms with Gasteiger partial charge >= 0.3 is 0 Å². The normalized spacial score (nSPS) is 10.6. The summed E-state index contributed by atoms with van der Waals surface area (Å²) in [6.07, 6.45) is 0. The summed E-state index contributed by atoms with van der Waals surface area (Å²) in [6, 6.07) is 15.3. The van der Waals surface area contributed by atoms with E-state index in [2.05, 4.69) is 31.0 Å². The third kappa shape index (κ3) is 3.80. The van der Waals surface area contributed by atoms with E-state index in [1.807, 2.05) is 24.3 Å². The molecule has 2 rings (SSSR count). The first-order chi connectivity index (χ1) is 10.5. The highest BCUT2D eigenvalue weighted by atomic mass is 35.5. The van der Waals surface area contributed by atoms with Crippen molar-refractivity contribution in [1.29, 1.82) is 0 Å². The Morgan fingerprint density at radius 3 is 2.32 bits per heavy atom. The number of benzene rings is 2. The summed E-state index contributed by atoms with van der Waals surface area (Å²) in [7, 11) is 0. The monoisotopic (exact) mass is 316 g/mol. The Hall–Kier alpha value is -2.00. The average molecular weight is 317 g/mol. The maximum absolute atomic E-state index is 12.2. The van der Waals surface area contributed by atoms with E-state index in [1.165, 1.54) is 0 Å². The number of nitrogens with zero attached hydrogens (tertiary/aromatic N) is 1. The molecule has 0 aliphatic heterocycles. The Kier molecular flexibility index (Phi) is 5.45. The number of carbonyl (C=O) groups is 1. The van der Waals surface area contributed by atoms with Crippen molar-refractivity contribution in [3.63, 3.8) is 0 Å². The van der Waals surface area contributed by atoms with E-state index in [9.17, 15) is 4.79 Å². The van der Waals surface area contributed by atoms with Crippen molar-refractivity contribution in [1.82, 2.24) is 0 Å². The maximum Gasteiger partial charge on any atom is 0.257 e. The van der Waals surface area contributed by atoms with Gasteiger partial charge in [0.15, 0.2) is 0 Å². The molecular weight excluding hydrogens is 296 g/mol. The maximum atomic E-state index is 12.2. The molecular formula is C18H21ClN2O. The zero-order valence-corrected chi connectivity index (χ0v) is 13.9. The first kappa shape index (κ1) is 16.4. The second-order valence-corrected chi connectivity index (χ2v) is 5.77. The highest BCUT2D eigenvalue weighted by molar-refractivity contribution is 6.34. The van der Waals surface area contributed by atoms with Crippen LogP contribution in [0.15, 0.2) is 48.5 Å². The molecule has 0 aromatic heterocycles. The van der Waals surface area contributed by atoms with Crippen molar-refractivity contribution in [3.05, 3.63) is 59.1 Å². The van der Waals surface area contributed by atoms with Crippen molar-refractivity contribution in [2.75, 3.05) is 16.8 Å². The summed E-state index contributed by atoms with van der Waals surface area (Å²) >= 11 is 6.04. The number of halogens is 1. The van der Waals surface area contributed by atoms with Gasteiger partial charge in [-0.2, -0.15) is 0 Å². The van der Waals surface area contributed by atoms with Crippen LogP contribution in [-0.2, 0) is 0 Å². The predicted molar refractivity (Wildman–Crippen MR) is 94.0 cm³/mol. The summed E-state index contributed by atoms with van der Waals surface area (Å²) in [5, 5.41) is 3.32. The number of carbonyl (C=O) groups excluding carboxylic acids is 1. The van der Waals surface area contributed by atoms with Crippen molar-refractivity contribution in [2.24, 2.45) is 0 Å². The Morgan fingerprint density at radius 1 is 1.14 bits per heavy atom. The van der Waals surface area contributed by atoms with Crippen LogP contribution in [0.2, 0.25) is 5.02 Å². The number of rotatable bonds is 5. The summed E-state index contributed by atoms with van der Waals surface area (Å²) in [5.41, 5.74) is 2.38. The topological polar surface area (TPSA) is 32.3 Å². The minimum atomic E-state index is -0.199. The first-order valence-corrected chi connectivity index (χ1v) is 7.83. The van der Waals surface area contributed by atoms with Gasteiger partial charge in [-0.1, -0.05) is 23.7 Å². The molecule has 4 heteroatoms. The van der Waals surface area contributed by atoms with Gasteiger partial charge in [0.2, 0.25) is 0 Å². The molecule has 0 saturated heterocycles. The van der Waals surface area contributed by atoms with Crippen LogP contribution in [0, 0.1) is 0 Å². The quantitative estimate of drug-likeness (QED) is 0.857.